The van der Waals surface area contributed by atoms with Crippen LogP contribution in [0.3, 0.4) is 0 Å². The molecule has 5 nitrogen and oxygen atoms in total. The van der Waals surface area contributed by atoms with E-state index < -0.39 is 0 Å². The smallest absolute Gasteiger partial charge is 0.247 e. The number of hydrogen-bond acceptors (Lipinski definition) is 5. The normalized spacial score (nSPS) is 18.6. The van der Waals surface area contributed by atoms with Gasteiger partial charge in [0.2, 0.25) is 11.8 Å². The van der Waals surface area contributed by atoms with Gasteiger partial charge in [-0.15, -0.1) is 10.2 Å². The van der Waals surface area contributed by atoms with Crippen LogP contribution in [0.25, 0.3) is 11.5 Å². The first kappa shape index (κ1) is 15.0. The van der Waals surface area contributed by atoms with Gasteiger partial charge in [0.1, 0.15) is 0 Å². The molecule has 0 bridgehead atoms. The van der Waals surface area contributed by atoms with Crippen molar-refractivity contribution in [2.75, 3.05) is 6.54 Å². The van der Waals surface area contributed by atoms with Crippen molar-refractivity contribution in [2.24, 2.45) is 0 Å². The molecule has 1 fully saturated rings. The molecule has 122 valence electrons. The van der Waals surface area contributed by atoms with E-state index in [0.29, 0.717) is 24.4 Å². The molecule has 0 spiro atoms. The SMILES string of the molecule is c1ccc(-c2nnc(CN3CCCCC3c3cccnc3)o2)cc1. The van der Waals surface area contributed by atoms with Crippen molar-refractivity contribution in [1.29, 1.82) is 0 Å². The standard InChI is InChI=1S/C19H20N4O/c1-2-7-15(8-3-1)19-22-21-18(24-19)14-23-12-5-4-10-17(23)16-9-6-11-20-13-16/h1-3,6-9,11,13,17H,4-5,10,12,14H2. The number of nitrogens with zero attached hydrogens (tertiary/aromatic N) is 4. The third-order valence-corrected chi connectivity index (χ3v) is 4.51. The number of rotatable bonds is 4. The van der Waals surface area contributed by atoms with Crippen LogP contribution in [0.1, 0.15) is 36.8 Å². The third-order valence-electron chi connectivity index (χ3n) is 4.51. The zero-order valence-corrected chi connectivity index (χ0v) is 13.5. The molecule has 1 aliphatic heterocycles. The Labute approximate surface area is 141 Å². The molecular formula is C19H20N4O. The average Bonchev–Trinajstić information content (AvgIpc) is 3.12. The highest BCUT2D eigenvalue weighted by molar-refractivity contribution is 5.51. The van der Waals surface area contributed by atoms with Crippen LogP contribution in [0.15, 0.2) is 59.3 Å². The quantitative estimate of drug-likeness (QED) is 0.730. The van der Waals surface area contributed by atoms with Gasteiger partial charge in [-0.1, -0.05) is 30.7 Å². The maximum atomic E-state index is 5.88. The molecule has 0 radical (unpaired) electrons. The van der Waals surface area contributed by atoms with Crippen LogP contribution in [0.4, 0.5) is 0 Å². The molecule has 0 aliphatic carbocycles. The second kappa shape index (κ2) is 6.93. The predicted molar refractivity (Wildman–Crippen MR) is 91.0 cm³/mol. The summed E-state index contributed by atoms with van der Waals surface area (Å²) < 4.78 is 5.88. The lowest BCUT2D eigenvalue weighted by atomic mass is 9.96. The molecule has 4 rings (SSSR count). The zero-order chi connectivity index (χ0) is 16.2. The summed E-state index contributed by atoms with van der Waals surface area (Å²) in [5.74, 6) is 1.25. The summed E-state index contributed by atoms with van der Waals surface area (Å²) in [6.07, 6.45) is 7.38. The van der Waals surface area contributed by atoms with E-state index in [9.17, 15) is 0 Å². The molecule has 1 aliphatic rings. The number of aromatic nitrogens is 3. The Morgan fingerprint density at radius 3 is 2.79 bits per heavy atom. The van der Waals surface area contributed by atoms with E-state index in [1.807, 2.05) is 48.8 Å². The summed E-state index contributed by atoms with van der Waals surface area (Å²) in [4.78, 5) is 6.69. The van der Waals surface area contributed by atoms with Crippen molar-refractivity contribution >= 4 is 0 Å². The number of hydrogen-bond donors (Lipinski definition) is 0. The van der Waals surface area contributed by atoms with Gasteiger partial charge in [0.25, 0.3) is 0 Å². The lowest BCUT2D eigenvalue weighted by Crippen LogP contribution is -2.33. The minimum Gasteiger partial charge on any atom is -0.419 e. The highest BCUT2D eigenvalue weighted by atomic mass is 16.4. The van der Waals surface area contributed by atoms with E-state index in [0.717, 1.165) is 18.5 Å². The van der Waals surface area contributed by atoms with Gasteiger partial charge in [0.05, 0.1) is 6.54 Å². The second-order valence-corrected chi connectivity index (χ2v) is 6.14. The van der Waals surface area contributed by atoms with E-state index in [1.54, 1.807) is 0 Å². The fraction of sp³-hybridized carbons (Fsp3) is 0.316. The Balaban J connectivity index is 1.52. The molecule has 0 N–H and O–H groups in total. The van der Waals surface area contributed by atoms with Crippen LogP contribution in [0.5, 0.6) is 0 Å². The molecule has 3 heterocycles. The maximum absolute atomic E-state index is 5.88. The van der Waals surface area contributed by atoms with Crippen molar-refractivity contribution in [3.05, 3.63) is 66.3 Å². The molecule has 2 aromatic heterocycles. The van der Waals surface area contributed by atoms with Gasteiger partial charge in [-0.2, -0.15) is 0 Å². The largest absolute Gasteiger partial charge is 0.419 e. The van der Waals surface area contributed by atoms with Gasteiger partial charge >= 0.3 is 0 Å². The monoisotopic (exact) mass is 320 g/mol. The predicted octanol–water partition coefficient (Wildman–Crippen LogP) is 3.86. The van der Waals surface area contributed by atoms with Gasteiger partial charge in [-0.3, -0.25) is 9.88 Å². The first-order valence-electron chi connectivity index (χ1n) is 8.42. The first-order chi connectivity index (χ1) is 11.9. The summed E-state index contributed by atoms with van der Waals surface area (Å²) in [5, 5.41) is 8.43. The Bertz CT molecular complexity index is 772. The lowest BCUT2D eigenvalue weighted by molar-refractivity contribution is 0.128. The van der Waals surface area contributed by atoms with Crippen molar-refractivity contribution in [1.82, 2.24) is 20.1 Å². The topological polar surface area (TPSA) is 55.1 Å². The van der Waals surface area contributed by atoms with Crippen LogP contribution in [0.2, 0.25) is 0 Å². The van der Waals surface area contributed by atoms with Crippen molar-refractivity contribution < 1.29 is 4.42 Å². The van der Waals surface area contributed by atoms with E-state index >= 15 is 0 Å². The molecule has 1 aromatic carbocycles. The number of likely N-dealkylation sites (tertiary alicyclic amines) is 1. The summed E-state index contributed by atoms with van der Waals surface area (Å²) in [7, 11) is 0. The molecular weight excluding hydrogens is 300 g/mol. The van der Waals surface area contributed by atoms with Gasteiger partial charge < -0.3 is 4.42 Å². The van der Waals surface area contributed by atoms with E-state index in [4.69, 9.17) is 4.42 Å². The molecule has 3 aromatic rings. The van der Waals surface area contributed by atoms with Gasteiger partial charge in [0.15, 0.2) is 0 Å². The molecule has 24 heavy (non-hydrogen) atoms. The Hall–Kier alpha value is -2.53. The van der Waals surface area contributed by atoms with Gasteiger partial charge in [0, 0.05) is 24.0 Å². The molecule has 1 saturated heterocycles. The lowest BCUT2D eigenvalue weighted by Gasteiger charge is -2.34. The van der Waals surface area contributed by atoms with Crippen LogP contribution in [-0.4, -0.2) is 26.6 Å². The molecule has 0 amide bonds. The minimum atomic E-state index is 0.375. The summed E-state index contributed by atoms with van der Waals surface area (Å²) in [6, 6.07) is 14.4. The molecule has 1 atom stereocenters. The Kier molecular flexibility index (Phi) is 4.34. The minimum absolute atomic E-state index is 0.375. The summed E-state index contributed by atoms with van der Waals surface area (Å²) >= 11 is 0. The Morgan fingerprint density at radius 1 is 1.04 bits per heavy atom. The van der Waals surface area contributed by atoms with Crippen LogP contribution in [0, 0.1) is 0 Å². The maximum Gasteiger partial charge on any atom is 0.247 e. The van der Waals surface area contributed by atoms with Crippen molar-refractivity contribution in [3.63, 3.8) is 0 Å². The third kappa shape index (κ3) is 3.21. The average molecular weight is 320 g/mol. The van der Waals surface area contributed by atoms with E-state index in [-0.39, 0.29) is 0 Å². The molecule has 0 saturated carbocycles. The second-order valence-electron chi connectivity index (χ2n) is 6.14. The zero-order valence-electron chi connectivity index (χ0n) is 13.5. The fourth-order valence-electron chi connectivity index (χ4n) is 3.32. The van der Waals surface area contributed by atoms with Crippen LogP contribution >= 0.6 is 0 Å². The van der Waals surface area contributed by atoms with E-state index in [2.05, 4.69) is 26.1 Å². The highest BCUT2D eigenvalue weighted by Crippen LogP contribution is 2.31. The number of benzene rings is 1. The van der Waals surface area contributed by atoms with Crippen molar-refractivity contribution in [3.8, 4) is 11.5 Å². The van der Waals surface area contributed by atoms with Crippen LogP contribution in [-0.2, 0) is 6.54 Å². The van der Waals surface area contributed by atoms with Gasteiger partial charge in [-0.05, 0) is 43.1 Å². The number of piperidine rings is 1. The van der Waals surface area contributed by atoms with Crippen LogP contribution < -0.4 is 0 Å². The van der Waals surface area contributed by atoms with Gasteiger partial charge in [-0.25, -0.2) is 0 Å². The Morgan fingerprint density at radius 2 is 1.96 bits per heavy atom. The molecule has 5 heteroatoms. The van der Waals surface area contributed by atoms with E-state index in [1.165, 1.54) is 18.4 Å². The van der Waals surface area contributed by atoms with Crippen molar-refractivity contribution in [2.45, 2.75) is 31.8 Å². The number of pyridine rings is 1. The fourth-order valence-corrected chi connectivity index (χ4v) is 3.32. The molecule has 1 unspecified atom stereocenters. The summed E-state index contributed by atoms with van der Waals surface area (Å²) in [5.41, 5.74) is 2.22. The highest BCUT2D eigenvalue weighted by Gasteiger charge is 2.25. The first-order valence-corrected chi connectivity index (χ1v) is 8.42. The summed E-state index contributed by atoms with van der Waals surface area (Å²) in [6.45, 7) is 1.72.